The topological polar surface area (TPSA) is 67.9 Å². The predicted molar refractivity (Wildman–Crippen MR) is 103 cm³/mol. The second-order valence-corrected chi connectivity index (χ2v) is 7.48. The first-order valence-electron chi connectivity index (χ1n) is 9.90. The summed E-state index contributed by atoms with van der Waals surface area (Å²) in [5.74, 6) is 0.871. The maximum Gasteiger partial charge on any atom is 0.251 e. The number of carbonyl (C=O) groups is 2. The minimum absolute atomic E-state index is 0.0682. The van der Waals surface area contributed by atoms with Crippen LogP contribution in [0.15, 0.2) is 24.3 Å². The number of methoxy groups -OCH3 is 1. The lowest BCUT2D eigenvalue weighted by molar-refractivity contribution is -0.136. The number of benzene rings is 1. The summed E-state index contributed by atoms with van der Waals surface area (Å²) in [6, 6.07) is 7.85. The summed E-state index contributed by atoms with van der Waals surface area (Å²) >= 11 is 0. The molecular formula is C21H30N2O4. The summed E-state index contributed by atoms with van der Waals surface area (Å²) in [6.07, 6.45) is 3.95. The second kappa shape index (κ2) is 9.85. The van der Waals surface area contributed by atoms with Crippen molar-refractivity contribution >= 4 is 11.8 Å². The average molecular weight is 374 g/mol. The molecule has 0 aliphatic carbocycles. The minimum atomic E-state index is -0.0682. The molecule has 1 aromatic carbocycles. The van der Waals surface area contributed by atoms with Crippen molar-refractivity contribution in [1.29, 1.82) is 0 Å². The zero-order chi connectivity index (χ0) is 19.1. The number of nitrogens with one attached hydrogen (secondary N) is 1. The number of hydrogen-bond donors (Lipinski definition) is 1. The summed E-state index contributed by atoms with van der Waals surface area (Å²) in [6.45, 7) is 4.03. The van der Waals surface area contributed by atoms with Crippen LogP contribution in [0.3, 0.4) is 0 Å². The zero-order valence-corrected chi connectivity index (χ0v) is 16.1. The first-order chi connectivity index (χ1) is 13.2. The smallest absolute Gasteiger partial charge is 0.251 e. The molecule has 2 fully saturated rings. The van der Waals surface area contributed by atoms with Gasteiger partial charge in [0.1, 0.15) is 0 Å². The highest BCUT2D eigenvalue weighted by Crippen LogP contribution is 2.24. The van der Waals surface area contributed by atoms with Crippen LogP contribution in [0, 0.1) is 11.8 Å². The number of likely N-dealkylation sites (tertiary alicyclic amines) is 1. The van der Waals surface area contributed by atoms with Crippen LogP contribution < -0.4 is 5.32 Å². The highest BCUT2D eigenvalue weighted by atomic mass is 16.5. The minimum Gasteiger partial charge on any atom is -0.383 e. The number of amides is 2. The maximum absolute atomic E-state index is 12.5. The predicted octanol–water partition coefficient (Wildman–Crippen LogP) is 1.88. The van der Waals surface area contributed by atoms with Crippen molar-refractivity contribution in [2.24, 2.45) is 11.8 Å². The standard InChI is InChI=1S/C21H30N2O4/c1-26-13-9-22-20(24)18-4-2-16(3-5-18)14-17-6-10-23(11-7-17)21(25)19-8-12-27-15-19/h2-5,17,19H,6-15H2,1H3,(H,22,24). The lowest BCUT2D eigenvalue weighted by Crippen LogP contribution is -2.42. The van der Waals surface area contributed by atoms with Crippen LogP contribution in [0.25, 0.3) is 0 Å². The van der Waals surface area contributed by atoms with E-state index in [-0.39, 0.29) is 17.7 Å². The molecule has 0 radical (unpaired) electrons. The Kier molecular flexibility index (Phi) is 7.24. The van der Waals surface area contributed by atoms with E-state index in [9.17, 15) is 9.59 Å². The Bertz CT molecular complexity index is 618. The van der Waals surface area contributed by atoms with E-state index in [4.69, 9.17) is 9.47 Å². The Morgan fingerprint density at radius 3 is 2.56 bits per heavy atom. The van der Waals surface area contributed by atoms with E-state index in [0.29, 0.717) is 37.8 Å². The number of nitrogens with zero attached hydrogens (tertiary/aromatic N) is 1. The largest absolute Gasteiger partial charge is 0.383 e. The molecule has 3 rings (SSSR count). The van der Waals surface area contributed by atoms with Gasteiger partial charge in [-0.1, -0.05) is 12.1 Å². The Balaban J connectivity index is 1.43. The van der Waals surface area contributed by atoms with E-state index in [2.05, 4.69) is 5.32 Å². The van der Waals surface area contributed by atoms with Gasteiger partial charge in [-0.3, -0.25) is 9.59 Å². The molecule has 2 heterocycles. The quantitative estimate of drug-likeness (QED) is 0.740. The van der Waals surface area contributed by atoms with Crippen LogP contribution in [0.5, 0.6) is 0 Å². The molecule has 0 aromatic heterocycles. The molecule has 1 N–H and O–H groups in total. The van der Waals surface area contributed by atoms with Crippen LogP contribution >= 0.6 is 0 Å². The summed E-state index contributed by atoms with van der Waals surface area (Å²) in [5, 5.41) is 2.83. The summed E-state index contributed by atoms with van der Waals surface area (Å²) in [7, 11) is 1.62. The van der Waals surface area contributed by atoms with Gasteiger partial charge in [0.2, 0.25) is 5.91 Å². The molecule has 0 bridgehead atoms. The third-order valence-electron chi connectivity index (χ3n) is 5.54. The molecule has 148 valence electrons. The van der Waals surface area contributed by atoms with Gasteiger partial charge in [-0.25, -0.2) is 0 Å². The molecule has 1 atom stereocenters. The number of hydrogen-bond acceptors (Lipinski definition) is 4. The van der Waals surface area contributed by atoms with Gasteiger partial charge in [-0.05, 0) is 49.3 Å². The van der Waals surface area contributed by atoms with Gasteiger partial charge >= 0.3 is 0 Å². The lowest BCUT2D eigenvalue weighted by Gasteiger charge is -2.33. The van der Waals surface area contributed by atoms with Crippen LogP contribution in [-0.4, -0.2) is 63.3 Å². The molecule has 6 heteroatoms. The molecule has 2 saturated heterocycles. The van der Waals surface area contributed by atoms with E-state index in [1.807, 2.05) is 29.2 Å². The number of ether oxygens (including phenoxy) is 2. The van der Waals surface area contributed by atoms with E-state index in [1.54, 1.807) is 7.11 Å². The van der Waals surface area contributed by atoms with Gasteiger partial charge in [-0.15, -0.1) is 0 Å². The fraction of sp³-hybridized carbons (Fsp3) is 0.619. The Labute approximate surface area is 161 Å². The fourth-order valence-electron chi connectivity index (χ4n) is 3.84. The molecule has 2 aliphatic heterocycles. The van der Waals surface area contributed by atoms with Gasteiger partial charge in [0.05, 0.1) is 19.1 Å². The molecule has 0 saturated carbocycles. The average Bonchev–Trinajstić information content (AvgIpc) is 3.23. The van der Waals surface area contributed by atoms with Crippen LogP contribution in [0.2, 0.25) is 0 Å². The maximum atomic E-state index is 12.5. The third-order valence-corrected chi connectivity index (χ3v) is 5.54. The summed E-state index contributed by atoms with van der Waals surface area (Å²) < 4.78 is 10.3. The van der Waals surface area contributed by atoms with Gasteiger partial charge in [-0.2, -0.15) is 0 Å². The number of piperidine rings is 1. The molecule has 6 nitrogen and oxygen atoms in total. The van der Waals surface area contributed by atoms with Crippen LogP contribution in [-0.2, 0) is 20.7 Å². The van der Waals surface area contributed by atoms with Crippen molar-refractivity contribution in [1.82, 2.24) is 10.2 Å². The molecule has 1 unspecified atom stereocenters. The molecule has 1 aromatic rings. The monoisotopic (exact) mass is 374 g/mol. The van der Waals surface area contributed by atoms with Crippen molar-refractivity contribution in [3.05, 3.63) is 35.4 Å². The van der Waals surface area contributed by atoms with Crippen molar-refractivity contribution in [3.8, 4) is 0 Å². The zero-order valence-electron chi connectivity index (χ0n) is 16.1. The van der Waals surface area contributed by atoms with Gasteiger partial charge < -0.3 is 19.7 Å². The Morgan fingerprint density at radius 2 is 1.93 bits per heavy atom. The van der Waals surface area contributed by atoms with Crippen molar-refractivity contribution in [2.45, 2.75) is 25.7 Å². The molecule has 27 heavy (non-hydrogen) atoms. The highest BCUT2D eigenvalue weighted by Gasteiger charge is 2.30. The van der Waals surface area contributed by atoms with E-state index in [0.717, 1.165) is 38.8 Å². The van der Waals surface area contributed by atoms with Crippen molar-refractivity contribution < 1.29 is 19.1 Å². The lowest BCUT2D eigenvalue weighted by atomic mass is 9.89. The van der Waals surface area contributed by atoms with Crippen molar-refractivity contribution in [3.63, 3.8) is 0 Å². The van der Waals surface area contributed by atoms with Crippen molar-refractivity contribution in [2.75, 3.05) is 46.6 Å². The van der Waals surface area contributed by atoms with E-state index >= 15 is 0 Å². The van der Waals surface area contributed by atoms with Gasteiger partial charge in [0.15, 0.2) is 0 Å². The summed E-state index contributed by atoms with van der Waals surface area (Å²) in [5.41, 5.74) is 1.92. The van der Waals surface area contributed by atoms with Gasteiger partial charge in [0.25, 0.3) is 5.91 Å². The molecular weight excluding hydrogens is 344 g/mol. The Morgan fingerprint density at radius 1 is 1.19 bits per heavy atom. The normalized spacial score (nSPS) is 20.6. The molecule has 2 aliphatic rings. The first-order valence-corrected chi connectivity index (χ1v) is 9.90. The highest BCUT2D eigenvalue weighted by molar-refractivity contribution is 5.94. The van der Waals surface area contributed by atoms with Crippen LogP contribution in [0.1, 0.15) is 35.2 Å². The van der Waals surface area contributed by atoms with Gasteiger partial charge in [0, 0.05) is 38.9 Å². The molecule has 2 amide bonds. The SMILES string of the molecule is COCCNC(=O)c1ccc(CC2CCN(C(=O)C3CCOC3)CC2)cc1. The van der Waals surface area contributed by atoms with Crippen LogP contribution in [0.4, 0.5) is 0 Å². The number of rotatable bonds is 7. The summed E-state index contributed by atoms with van der Waals surface area (Å²) in [4.78, 5) is 26.5. The molecule has 0 spiro atoms. The van der Waals surface area contributed by atoms with E-state index in [1.165, 1.54) is 5.56 Å². The Hall–Kier alpha value is -1.92. The second-order valence-electron chi connectivity index (χ2n) is 7.48. The first kappa shape index (κ1) is 19.8. The number of carbonyl (C=O) groups excluding carboxylic acids is 2. The third kappa shape index (κ3) is 5.53. The fourth-order valence-corrected chi connectivity index (χ4v) is 3.84. The van der Waals surface area contributed by atoms with E-state index < -0.39 is 0 Å².